The molecule has 0 bridgehead atoms. The normalized spacial score (nSPS) is 25.3. The smallest absolute Gasteiger partial charge is 0.410 e. The summed E-state index contributed by atoms with van der Waals surface area (Å²) in [5.41, 5.74) is 0.722. The zero-order valence-electron chi connectivity index (χ0n) is 18.6. The van der Waals surface area contributed by atoms with Gasteiger partial charge in [-0.25, -0.2) is 4.79 Å². The lowest BCUT2D eigenvalue weighted by atomic mass is 9.92. The Morgan fingerprint density at radius 2 is 2.07 bits per heavy atom. The molecule has 9 heteroatoms. The number of aryl methyl sites for hydroxylation is 1. The van der Waals surface area contributed by atoms with E-state index in [4.69, 9.17) is 9.47 Å². The molecule has 3 rings (SSSR count). The first-order valence-corrected chi connectivity index (χ1v) is 10.6. The number of hydrogen-bond donors (Lipinski definition) is 1. The number of rotatable bonds is 3. The predicted octanol–water partition coefficient (Wildman–Crippen LogP) is 1.76. The molecule has 3 heterocycles. The number of hydrogen-bond acceptors (Lipinski definition) is 6. The maximum atomic E-state index is 13.4. The molecule has 2 aliphatic heterocycles. The second kappa shape index (κ2) is 8.93. The van der Waals surface area contributed by atoms with Crippen LogP contribution in [-0.4, -0.2) is 87.3 Å². The van der Waals surface area contributed by atoms with E-state index in [1.54, 1.807) is 27.7 Å². The molecule has 2 amide bonds. The van der Waals surface area contributed by atoms with E-state index >= 15 is 0 Å². The summed E-state index contributed by atoms with van der Waals surface area (Å²) in [7, 11) is 1.80. The minimum atomic E-state index is -0.550. The van der Waals surface area contributed by atoms with Gasteiger partial charge in [0.1, 0.15) is 5.60 Å². The Hall–Kier alpha value is -2.13. The molecule has 1 aromatic heterocycles. The molecule has 0 radical (unpaired) electrons. The van der Waals surface area contributed by atoms with E-state index in [1.807, 2.05) is 27.7 Å². The van der Waals surface area contributed by atoms with Crippen molar-refractivity contribution in [2.45, 2.75) is 64.2 Å². The SMILES string of the molecule is C[C@@H]1CO[C@@H](CO)CN1C(=O)c1cn(C)nc1[C@H]1CCCN(C(=O)OC(C)(C)C)C1. The summed E-state index contributed by atoms with van der Waals surface area (Å²) in [6, 6.07) is -0.0852. The van der Waals surface area contributed by atoms with Crippen molar-refractivity contribution < 1.29 is 24.2 Å². The molecule has 0 aliphatic carbocycles. The van der Waals surface area contributed by atoms with Gasteiger partial charge in [-0.3, -0.25) is 9.48 Å². The van der Waals surface area contributed by atoms with Crippen molar-refractivity contribution in [3.05, 3.63) is 17.5 Å². The highest BCUT2D eigenvalue weighted by Crippen LogP contribution is 2.30. The Morgan fingerprint density at radius 1 is 1.33 bits per heavy atom. The number of ether oxygens (including phenoxy) is 2. The molecule has 2 aliphatic rings. The summed E-state index contributed by atoms with van der Waals surface area (Å²) in [6.45, 7) is 9.23. The molecule has 2 saturated heterocycles. The molecular weight excluding hydrogens is 388 g/mol. The first-order chi connectivity index (χ1) is 14.1. The van der Waals surface area contributed by atoms with Crippen LogP contribution in [0.4, 0.5) is 4.79 Å². The van der Waals surface area contributed by atoms with Crippen LogP contribution in [0.1, 0.15) is 62.5 Å². The number of carbonyl (C=O) groups is 2. The third-order valence-electron chi connectivity index (χ3n) is 5.52. The van der Waals surface area contributed by atoms with Crippen LogP contribution in [-0.2, 0) is 16.5 Å². The van der Waals surface area contributed by atoms with Gasteiger partial charge in [0.05, 0.1) is 36.6 Å². The molecule has 1 N–H and O–H groups in total. The fraction of sp³-hybridized carbons (Fsp3) is 0.762. The van der Waals surface area contributed by atoms with Gasteiger partial charge in [0.25, 0.3) is 5.91 Å². The number of aromatic nitrogens is 2. The quantitative estimate of drug-likeness (QED) is 0.797. The van der Waals surface area contributed by atoms with Gasteiger partial charge in [-0.15, -0.1) is 0 Å². The van der Waals surface area contributed by atoms with Gasteiger partial charge in [0.15, 0.2) is 0 Å². The Labute approximate surface area is 177 Å². The highest BCUT2D eigenvalue weighted by molar-refractivity contribution is 5.95. The molecule has 3 atom stereocenters. The Morgan fingerprint density at radius 3 is 2.73 bits per heavy atom. The van der Waals surface area contributed by atoms with E-state index in [9.17, 15) is 14.7 Å². The summed E-state index contributed by atoms with van der Waals surface area (Å²) in [5, 5.41) is 14.0. The molecule has 1 aromatic rings. The highest BCUT2D eigenvalue weighted by Gasteiger charge is 2.35. The summed E-state index contributed by atoms with van der Waals surface area (Å²) < 4.78 is 12.7. The van der Waals surface area contributed by atoms with E-state index in [0.717, 1.165) is 18.5 Å². The molecule has 0 saturated carbocycles. The Kier molecular flexibility index (Phi) is 6.71. The minimum absolute atomic E-state index is 0.0311. The van der Waals surface area contributed by atoms with Crippen molar-refractivity contribution in [3.8, 4) is 0 Å². The molecule has 0 spiro atoms. The second-order valence-electron chi connectivity index (χ2n) is 9.31. The summed E-state index contributed by atoms with van der Waals surface area (Å²) >= 11 is 0. The number of nitrogens with zero attached hydrogens (tertiary/aromatic N) is 4. The molecule has 2 fully saturated rings. The van der Waals surface area contributed by atoms with Crippen LogP contribution < -0.4 is 0 Å². The molecule has 168 valence electrons. The van der Waals surface area contributed by atoms with Crippen LogP contribution in [0.5, 0.6) is 0 Å². The topological polar surface area (TPSA) is 97.1 Å². The lowest BCUT2D eigenvalue weighted by Gasteiger charge is -2.38. The van der Waals surface area contributed by atoms with Crippen molar-refractivity contribution in [2.75, 3.05) is 32.8 Å². The van der Waals surface area contributed by atoms with E-state index in [0.29, 0.717) is 31.8 Å². The molecular formula is C21H34N4O5. The second-order valence-corrected chi connectivity index (χ2v) is 9.31. The third-order valence-corrected chi connectivity index (χ3v) is 5.52. The summed E-state index contributed by atoms with van der Waals surface area (Å²) in [6.07, 6.45) is 2.73. The monoisotopic (exact) mass is 422 g/mol. The van der Waals surface area contributed by atoms with Gasteiger partial charge >= 0.3 is 6.09 Å². The first kappa shape index (κ1) is 22.6. The average molecular weight is 423 g/mol. The largest absolute Gasteiger partial charge is 0.444 e. The van der Waals surface area contributed by atoms with Crippen LogP contribution in [0.3, 0.4) is 0 Å². The van der Waals surface area contributed by atoms with Crippen LogP contribution in [0.25, 0.3) is 0 Å². The number of piperidine rings is 1. The average Bonchev–Trinajstić information content (AvgIpc) is 3.08. The molecule has 0 aromatic carbocycles. The van der Waals surface area contributed by atoms with Crippen molar-refractivity contribution in [1.29, 1.82) is 0 Å². The fourth-order valence-electron chi connectivity index (χ4n) is 4.03. The van der Waals surface area contributed by atoms with E-state index in [1.165, 1.54) is 0 Å². The van der Waals surface area contributed by atoms with Crippen LogP contribution in [0.15, 0.2) is 6.20 Å². The Balaban J connectivity index is 1.79. The van der Waals surface area contributed by atoms with E-state index in [2.05, 4.69) is 5.10 Å². The number of morpholine rings is 1. The maximum absolute atomic E-state index is 13.4. The van der Waals surface area contributed by atoms with Crippen LogP contribution in [0.2, 0.25) is 0 Å². The molecule has 9 nitrogen and oxygen atoms in total. The van der Waals surface area contributed by atoms with Crippen molar-refractivity contribution in [1.82, 2.24) is 19.6 Å². The number of carbonyl (C=O) groups excluding carboxylic acids is 2. The third kappa shape index (κ3) is 5.13. The summed E-state index contributed by atoms with van der Waals surface area (Å²) in [5.74, 6) is -0.141. The van der Waals surface area contributed by atoms with Crippen LogP contribution in [0, 0.1) is 0 Å². The zero-order chi connectivity index (χ0) is 22.1. The van der Waals surface area contributed by atoms with Crippen molar-refractivity contribution in [3.63, 3.8) is 0 Å². The van der Waals surface area contributed by atoms with E-state index < -0.39 is 5.60 Å². The number of likely N-dealkylation sites (tertiary alicyclic amines) is 1. The number of aliphatic hydroxyl groups is 1. The standard InChI is InChI=1S/C21H34N4O5/c1-14-13-29-16(12-26)10-25(14)19(27)17-11-23(5)22-18(17)15-7-6-8-24(9-15)20(28)30-21(2,3)4/h11,14-16,26H,6-10,12-13H2,1-5H3/t14-,15+,16-/m1/s1. The van der Waals surface area contributed by atoms with Gasteiger partial charge < -0.3 is 24.4 Å². The summed E-state index contributed by atoms with van der Waals surface area (Å²) in [4.78, 5) is 29.4. The predicted molar refractivity (Wildman–Crippen MR) is 110 cm³/mol. The number of aliphatic hydroxyl groups excluding tert-OH is 1. The van der Waals surface area contributed by atoms with Gasteiger partial charge in [0.2, 0.25) is 0 Å². The van der Waals surface area contributed by atoms with Crippen LogP contribution >= 0.6 is 0 Å². The fourth-order valence-corrected chi connectivity index (χ4v) is 4.03. The number of amides is 2. The van der Waals surface area contributed by atoms with Gasteiger partial charge in [-0.1, -0.05) is 0 Å². The minimum Gasteiger partial charge on any atom is -0.444 e. The molecule has 0 unspecified atom stereocenters. The highest BCUT2D eigenvalue weighted by atomic mass is 16.6. The van der Waals surface area contributed by atoms with Gasteiger partial charge in [-0.2, -0.15) is 5.10 Å². The first-order valence-electron chi connectivity index (χ1n) is 10.6. The lowest BCUT2D eigenvalue weighted by Crippen LogP contribution is -2.52. The zero-order valence-corrected chi connectivity index (χ0v) is 18.6. The molecule has 30 heavy (non-hydrogen) atoms. The lowest BCUT2D eigenvalue weighted by molar-refractivity contribution is -0.0667. The van der Waals surface area contributed by atoms with Gasteiger partial charge in [0, 0.05) is 38.8 Å². The maximum Gasteiger partial charge on any atom is 0.410 e. The van der Waals surface area contributed by atoms with E-state index in [-0.39, 0.29) is 36.7 Å². The Bertz CT molecular complexity index is 772. The van der Waals surface area contributed by atoms with Gasteiger partial charge in [-0.05, 0) is 40.5 Å². The van der Waals surface area contributed by atoms with Crippen molar-refractivity contribution in [2.24, 2.45) is 7.05 Å². The van der Waals surface area contributed by atoms with Crippen molar-refractivity contribution >= 4 is 12.0 Å².